The van der Waals surface area contributed by atoms with Gasteiger partial charge in [0.2, 0.25) is 0 Å². The summed E-state index contributed by atoms with van der Waals surface area (Å²) >= 11 is 0. The summed E-state index contributed by atoms with van der Waals surface area (Å²) in [7, 11) is 0. The summed E-state index contributed by atoms with van der Waals surface area (Å²) < 4.78 is 0. The van der Waals surface area contributed by atoms with Gasteiger partial charge in [-0.3, -0.25) is 0 Å². The molecule has 0 spiro atoms. The lowest BCUT2D eigenvalue weighted by molar-refractivity contribution is 0.567. The number of nitrogens with one attached hydrogen (secondary N) is 2. The zero-order valence-corrected chi connectivity index (χ0v) is 19.3. The van der Waals surface area contributed by atoms with Gasteiger partial charge in [-0.25, -0.2) is 0 Å². The summed E-state index contributed by atoms with van der Waals surface area (Å²) in [6.45, 7) is 19.7. The molecule has 2 nitrogen and oxygen atoms in total. The molecule has 2 aromatic rings. The van der Waals surface area contributed by atoms with Crippen LogP contribution in [0.15, 0.2) is 66.7 Å². The minimum Gasteiger partial charge on any atom is -0.315 e. The summed E-state index contributed by atoms with van der Waals surface area (Å²) in [5, 5.41) is 6.68. The number of rotatable bonds is 2. The van der Waals surface area contributed by atoms with Gasteiger partial charge in [-0.05, 0) is 26.4 Å². The van der Waals surface area contributed by atoms with Crippen molar-refractivity contribution in [3.05, 3.63) is 72.3 Å². The first-order valence-electron chi connectivity index (χ1n) is 10.8. The van der Waals surface area contributed by atoms with Crippen molar-refractivity contribution in [2.24, 2.45) is 0 Å². The van der Waals surface area contributed by atoms with E-state index in [2.05, 4.69) is 36.6 Å². The highest BCUT2D eigenvalue weighted by Crippen LogP contribution is 1.95. The van der Waals surface area contributed by atoms with Crippen molar-refractivity contribution in [1.82, 2.24) is 10.6 Å². The minimum atomic E-state index is 0.750. The first kappa shape index (κ1) is 30.1. The smallest absolute Gasteiger partial charge is 0.0204 e. The van der Waals surface area contributed by atoms with Crippen LogP contribution >= 0.6 is 0 Å². The Morgan fingerprint density at radius 2 is 1.19 bits per heavy atom. The molecule has 0 aliphatic carbocycles. The fraction of sp³-hybridized carbons (Fsp3) is 0.520. The lowest BCUT2D eigenvalue weighted by Crippen LogP contribution is -2.30. The van der Waals surface area contributed by atoms with Crippen LogP contribution in [0, 0.1) is 6.92 Å². The largest absolute Gasteiger partial charge is 0.315 e. The maximum absolute atomic E-state index is 3.38. The topological polar surface area (TPSA) is 24.1 Å². The molecule has 1 saturated heterocycles. The molecule has 27 heavy (non-hydrogen) atoms. The normalized spacial score (nSPS) is 13.3. The highest BCUT2D eigenvalue weighted by Gasteiger charge is 2.11. The van der Waals surface area contributed by atoms with Gasteiger partial charge in [0.05, 0.1) is 0 Å². The second-order valence-electron chi connectivity index (χ2n) is 5.06. The predicted octanol–water partition coefficient (Wildman–Crippen LogP) is 6.72. The number of hydrogen-bond donors (Lipinski definition) is 2. The van der Waals surface area contributed by atoms with E-state index in [-0.39, 0.29) is 0 Å². The quantitative estimate of drug-likeness (QED) is 0.610. The van der Waals surface area contributed by atoms with E-state index in [1.807, 2.05) is 96.1 Å². The molecule has 1 heterocycles. The molecule has 0 bridgehead atoms. The van der Waals surface area contributed by atoms with Crippen LogP contribution < -0.4 is 10.6 Å². The van der Waals surface area contributed by atoms with Crippen molar-refractivity contribution in [2.75, 3.05) is 19.6 Å². The molecular weight excluding hydrogens is 328 g/mol. The molecule has 1 fully saturated rings. The minimum absolute atomic E-state index is 0.750. The van der Waals surface area contributed by atoms with Crippen LogP contribution in [0.5, 0.6) is 0 Å². The van der Waals surface area contributed by atoms with Gasteiger partial charge < -0.3 is 10.6 Å². The Morgan fingerprint density at radius 1 is 0.778 bits per heavy atom. The zero-order valence-electron chi connectivity index (χ0n) is 19.3. The first-order chi connectivity index (χ1) is 13.3. The van der Waals surface area contributed by atoms with E-state index in [1.165, 1.54) is 18.5 Å². The summed E-state index contributed by atoms with van der Waals surface area (Å²) in [5.41, 5.74) is 1.32. The van der Waals surface area contributed by atoms with Crippen LogP contribution in [0.2, 0.25) is 0 Å². The van der Waals surface area contributed by atoms with Gasteiger partial charge >= 0.3 is 0 Å². The van der Waals surface area contributed by atoms with E-state index in [1.54, 1.807) is 0 Å². The molecule has 0 amide bonds. The second-order valence-corrected chi connectivity index (χ2v) is 5.06. The van der Waals surface area contributed by atoms with E-state index >= 15 is 0 Å². The van der Waals surface area contributed by atoms with Crippen molar-refractivity contribution in [3.63, 3.8) is 0 Å². The lowest BCUT2D eigenvalue weighted by Gasteiger charge is -2.06. The molecule has 2 aromatic carbocycles. The Bertz CT molecular complexity index is 396. The fourth-order valence-electron chi connectivity index (χ4n) is 2.04. The van der Waals surface area contributed by atoms with Gasteiger partial charge in [-0.2, -0.15) is 0 Å². The molecule has 0 saturated carbocycles. The van der Waals surface area contributed by atoms with Crippen LogP contribution in [-0.4, -0.2) is 25.7 Å². The van der Waals surface area contributed by atoms with E-state index in [9.17, 15) is 0 Å². The van der Waals surface area contributed by atoms with Crippen molar-refractivity contribution in [3.8, 4) is 0 Å². The Hall–Kier alpha value is -1.64. The SMILES string of the molecule is CC.CC.CC.CCNC1CCNC1.Cc1ccccc1.c1ccccc1. The molecule has 1 unspecified atom stereocenters. The molecule has 2 heteroatoms. The molecule has 1 aliphatic heterocycles. The van der Waals surface area contributed by atoms with Gasteiger partial charge in [0.1, 0.15) is 0 Å². The number of benzene rings is 2. The standard InChI is InChI=1S/C7H8.C6H14N2.C6H6.3C2H6/c1-7-5-3-2-4-6-7;1-2-8-6-3-4-7-5-6;1-2-4-6-5-3-1;3*1-2/h2-6H,1H3;6-8H,2-5H2,1H3;1-6H;3*1-2H3. The maximum atomic E-state index is 3.38. The maximum Gasteiger partial charge on any atom is 0.0204 e. The summed E-state index contributed by atoms with van der Waals surface area (Å²) in [5.74, 6) is 0. The third-order valence-electron chi connectivity index (χ3n) is 3.16. The van der Waals surface area contributed by atoms with Gasteiger partial charge in [0.15, 0.2) is 0 Å². The highest BCUT2D eigenvalue weighted by molar-refractivity contribution is 5.11. The third-order valence-corrected chi connectivity index (χ3v) is 3.16. The van der Waals surface area contributed by atoms with Gasteiger partial charge in [-0.15, -0.1) is 0 Å². The van der Waals surface area contributed by atoms with E-state index in [4.69, 9.17) is 0 Å². The second kappa shape index (κ2) is 29.1. The molecular formula is C25H46N2. The number of likely N-dealkylation sites (N-methyl/N-ethyl adjacent to an activating group) is 1. The van der Waals surface area contributed by atoms with Crippen molar-refractivity contribution >= 4 is 0 Å². The molecule has 2 N–H and O–H groups in total. The van der Waals surface area contributed by atoms with E-state index in [0.717, 1.165) is 19.1 Å². The summed E-state index contributed by atoms with van der Waals surface area (Å²) in [4.78, 5) is 0. The molecule has 0 aromatic heterocycles. The van der Waals surface area contributed by atoms with Crippen LogP contribution in [-0.2, 0) is 0 Å². The van der Waals surface area contributed by atoms with Crippen molar-refractivity contribution in [2.45, 2.75) is 67.9 Å². The lowest BCUT2D eigenvalue weighted by atomic mass is 10.2. The molecule has 156 valence electrons. The average molecular weight is 375 g/mol. The summed E-state index contributed by atoms with van der Waals surface area (Å²) in [6.07, 6.45) is 1.30. The molecule has 1 atom stereocenters. The fourth-order valence-corrected chi connectivity index (χ4v) is 2.04. The van der Waals surface area contributed by atoms with Crippen LogP contribution in [0.25, 0.3) is 0 Å². The van der Waals surface area contributed by atoms with Crippen molar-refractivity contribution in [1.29, 1.82) is 0 Å². The third kappa shape index (κ3) is 24.4. The Morgan fingerprint density at radius 3 is 1.44 bits per heavy atom. The summed E-state index contributed by atoms with van der Waals surface area (Å²) in [6, 6.07) is 23.0. The van der Waals surface area contributed by atoms with Crippen LogP contribution in [0.4, 0.5) is 0 Å². The number of hydrogen-bond acceptors (Lipinski definition) is 2. The Labute approximate surface area is 170 Å². The molecule has 1 aliphatic rings. The van der Waals surface area contributed by atoms with E-state index < -0.39 is 0 Å². The van der Waals surface area contributed by atoms with E-state index in [0.29, 0.717) is 0 Å². The number of aryl methyl sites for hydroxylation is 1. The molecule has 3 rings (SSSR count). The monoisotopic (exact) mass is 374 g/mol. The van der Waals surface area contributed by atoms with Crippen LogP contribution in [0.3, 0.4) is 0 Å². The highest BCUT2D eigenvalue weighted by atomic mass is 15.0. The van der Waals surface area contributed by atoms with Crippen LogP contribution in [0.1, 0.15) is 60.5 Å². The average Bonchev–Trinajstić information content (AvgIpc) is 3.29. The Balaban J connectivity index is -0.000000282. The zero-order chi connectivity index (χ0) is 21.2. The first-order valence-corrected chi connectivity index (χ1v) is 10.8. The van der Waals surface area contributed by atoms with Crippen molar-refractivity contribution < 1.29 is 0 Å². The predicted molar refractivity (Wildman–Crippen MR) is 127 cm³/mol. The Kier molecular flexibility index (Phi) is 32.5. The molecule has 0 radical (unpaired) electrons. The van der Waals surface area contributed by atoms with Gasteiger partial charge in [-0.1, -0.05) is 121 Å². The van der Waals surface area contributed by atoms with Gasteiger partial charge in [0, 0.05) is 12.6 Å². The van der Waals surface area contributed by atoms with Gasteiger partial charge in [0.25, 0.3) is 0 Å².